The van der Waals surface area contributed by atoms with Crippen LogP contribution in [0.2, 0.25) is 0 Å². The number of nitrogens with zero attached hydrogens (tertiary/aromatic N) is 3. The lowest BCUT2D eigenvalue weighted by Crippen LogP contribution is -2.53. The molecular formula is C19H18N4O3S2. The van der Waals surface area contributed by atoms with Crippen LogP contribution in [-0.4, -0.2) is 45.5 Å². The van der Waals surface area contributed by atoms with Crippen molar-refractivity contribution in [2.45, 2.75) is 37.3 Å². The Bertz CT molecular complexity index is 963. The fourth-order valence-electron chi connectivity index (χ4n) is 3.93. The summed E-state index contributed by atoms with van der Waals surface area (Å²) in [6.45, 7) is -0.282. The van der Waals surface area contributed by atoms with Crippen LogP contribution < -0.4 is 5.32 Å². The molecule has 1 spiro atoms. The third kappa shape index (κ3) is 2.68. The lowest BCUT2D eigenvalue weighted by molar-refractivity contribution is -0.141. The minimum Gasteiger partial charge on any atom is -0.323 e. The first-order valence-electron chi connectivity index (χ1n) is 9.18. The summed E-state index contributed by atoms with van der Waals surface area (Å²) in [7, 11) is 0. The Balaban J connectivity index is 1.40. The lowest BCUT2D eigenvalue weighted by Gasteiger charge is -2.34. The van der Waals surface area contributed by atoms with E-state index < -0.39 is 11.6 Å². The summed E-state index contributed by atoms with van der Waals surface area (Å²) in [4.78, 5) is 41.2. The van der Waals surface area contributed by atoms with Gasteiger partial charge in [0.2, 0.25) is 0 Å². The highest BCUT2D eigenvalue weighted by Crippen LogP contribution is 2.38. The molecule has 7 nitrogen and oxygen atoms in total. The number of carbonyl (C=O) groups is 3. The fraction of sp³-hybridized carbons (Fsp3) is 0.368. The van der Waals surface area contributed by atoms with Crippen molar-refractivity contribution in [3.8, 4) is 0 Å². The van der Waals surface area contributed by atoms with Crippen molar-refractivity contribution in [1.82, 2.24) is 15.2 Å². The summed E-state index contributed by atoms with van der Waals surface area (Å²) in [6.07, 6.45) is 2.82. The van der Waals surface area contributed by atoms with Gasteiger partial charge in [0.25, 0.3) is 11.8 Å². The SMILES string of the molecule is O=C1NC2(CCC2)C(=O)N1CC(=O)N1N=C(c2cccs2)CC1c1cccs1. The van der Waals surface area contributed by atoms with Gasteiger partial charge in [-0.05, 0) is 42.2 Å². The van der Waals surface area contributed by atoms with E-state index in [1.165, 1.54) is 5.01 Å². The monoisotopic (exact) mass is 414 g/mol. The molecule has 2 fully saturated rings. The predicted molar refractivity (Wildman–Crippen MR) is 106 cm³/mol. The number of hydrogen-bond acceptors (Lipinski definition) is 6. The van der Waals surface area contributed by atoms with Gasteiger partial charge >= 0.3 is 6.03 Å². The van der Waals surface area contributed by atoms with Gasteiger partial charge in [0.05, 0.1) is 16.6 Å². The predicted octanol–water partition coefficient (Wildman–Crippen LogP) is 2.96. The number of hydrogen-bond donors (Lipinski definition) is 1. The van der Waals surface area contributed by atoms with Crippen LogP contribution >= 0.6 is 22.7 Å². The van der Waals surface area contributed by atoms with Crippen LogP contribution in [0.5, 0.6) is 0 Å². The van der Waals surface area contributed by atoms with Crippen molar-refractivity contribution >= 4 is 46.2 Å². The first-order valence-corrected chi connectivity index (χ1v) is 10.9. The zero-order chi connectivity index (χ0) is 19.3. The molecule has 0 radical (unpaired) electrons. The number of imide groups is 1. The number of hydrazone groups is 1. The maximum atomic E-state index is 13.1. The molecule has 2 aromatic heterocycles. The molecule has 0 bridgehead atoms. The van der Waals surface area contributed by atoms with E-state index in [1.807, 2.05) is 35.0 Å². The van der Waals surface area contributed by atoms with E-state index in [9.17, 15) is 14.4 Å². The number of thiophene rings is 2. The number of amides is 4. The van der Waals surface area contributed by atoms with E-state index in [0.717, 1.165) is 26.8 Å². The van der Waals surface area contributed by atoms with Gasteiger partial charge in [-0.2, -0.15) is 5.10 Å². The highest BCUT2D eigenvalue weighted by atomic mass is 32.1. The molecule has 1 N–H and O–H groups in total. The van der Waals surface area contributed by atoms with E-state index in [2.05, 4.69) is 10.4 Å². The van der Waals surface area contributed by atoms with Crippen molar-refractivity contribution in [2.24, 2.45) is 5.10 Å². The van der Waals surface area contributed by atoms with Crippen LogP contribution in [0.3, 0.4) is 0 Å². The van der Waals surface area contributed by atoms with Gasteiger partial charge in [-0.1, -0.05) is 12.1 Å². The number of rotatable bonds is 4. The third-order valence-corrected chi connectivity index (χ3v) is 7.48. The minimum atomic E-state index is -0.777. The molecule has 28 heavy (non-hydrogen) atoms. The second kappa shape index (κ2) is 6.52. The lowest BCUT2D eigenvalue weighted by atomic mass is 9.77. The van der Waals surface area contributed by atoms with Crippen LogP contribution in [0.15, 0.2) is 40.1 Å². The van der Waals surface area contributed by atoms with Crippen molar-refractivity contribution < 1.29 is 14.4 Å². The molecule has 4 amide bonds. The molecule has 2 aromatic rings. The Hall–Kier alpha value is -2.52. The number of carbonyl (C=O) groups excluding carboxylic acids is 3. The molecule has 3 aliphatic rings. The van der Waals surface area contributed by atoms with E-state index >= 15 is 0 Å². The van der Waals surface area contributed by atoms with Crippen LogP contribution in [0.25, 0.3) is 0 Å². The van der Waals surface area contributed by atoms with Gasteiger partial charge in [0, 0.05) is 11.3 Å². The first-order chi connectivity index (χ1) is 13.6. The molecule has 1 saturated heterocycles. The summed E-state index contributed by atoms with van der Waals surface area (Å²) in [5, 5.41) is 12.7. The molecule has 1 saturated carbocycles. The number of nitrogens with one attached hydrogen (secondary N) is 1. The van der Waals surface area contributed by atoms with Crippen molar-refractivity contribution in [3.05, 3.63) is 44.8 Å². The molecule has 9 heteroatoms. The topological polar surface area (TPSA) is 82.1 Å². The Morgan fingerprint density at radius 2 is 2.00 bits per heavy atom. The van der Waals surface area contributed by atoms with Gasteiger partial charge < -0.3 is 5.32 Å². The van der Waals surface area contributed by atoms with Gasteiger partial charge in [-0.15, -0.1) is 22.7 Å². The zero-order valence-corrected chi connectivity index (χ0v) is 16.6. The molecule has 1 unspecified atom stereocenters. The van der Waals surface area contributed by atoms with E-state index in [4.69, 9.17) is 0 Å². The second-order valence-corrected chi connectivity index (χ2v) is 9.18. The maximum Gasteiger partial charge on any atom is 0.325 e. The van der Waals surface area contributed by atoms with E-state index in [-0.39, 0.29) is 24.4 Å². The van der Waals surface area contributed by atoms with Gasteiger partial charge in [-0.3, -0.25) is 14.5 Å². The van der Waals surface area contributed by atoms with Crippen LogP contribution in [0.4, 0.5) is 4.79 Å². The smallest absolute Gasteiger partial charge is 0.323 e. The second-order valence-electron chi connectivity index (χ2n) is 7.25. The molecule has 4 heterocycles. The molecule has 144 valence electrons. The van der Waals surface area contributed by atoms with Crippen LogP contribution in [0.1, 0.15) is 41.5 Å². The van der Waals surface area contributed by atoms with E-state index in [0.29, 0.717) is 19.3 Å². The summed E-state index contributed by atoms with van der Waals surface area (Å²) >= 11 is 3.16. The quantitative estimate of drug-likeness (QED) is 0.781. The van der Waals surface area contributed by atoms with Gasteiger partial charge in [0.15, 0.2) is 0 Å². The molecule has 0 aromatic carbocycles. The summed E-state index contributed by atoms with van der Waals surface area (Å²) in [6, 6.07) is 7.19. The zero-order valence-electron chi connectivity index (χ0n) is 15.0. The van der Waals surface area contributed by atoms with Crippen LogP contribution in [-0.2, 0) is 9.59 Å². The highest BCUT2D eigenvalue weighted by Gasteiger charge is 2.55. The largest absolute Gasteiger partial charge is 0.325 e. The molecule has 1 atom stereocenters. The minimum absolute atomic E-state index is 0.206. The molecular weight excluding hydrogens is 396 g/mol. The summed E-state index contributed by atoms with van der Waals surface area (Å²) in [5.74, 6) is -0.628. The maximum absolute atomic E-state index is 13.1. The van der Waals surface area contributed by atoms with Gasteiger partial charge in [-0.25, -0.2) is 9.80 Å². The molecule has 5 rings (SSSR count). The molecule has 1 aliphatic carbocycles. The van der Waals surface area contributed by atoms with E-state index in [1.54, 1.807) is 22.7 Å². The first kappa shape index (κ1) is 17.6. The van der Waals surface area contributed by atoms with Crippen molar-refractivity contribution in [3.63, 3.8) is 0 Å². The van der Waals surface area contributed by atoms with Crippen molar-refractivity contribution in [1.29, 1.82) is 0 Å². The normalized spacial score (nSPS) is 23.1. The Kier molecular flexibility index (Phi) is 4.09. The van der Waals surface area contributed by atoms with Gasteiger partial charge in [0.1, 0.15) is 12.1 Å². The Morgan fingerprint density at radius 1 is 1.21 bits per heavy atom. The number of urea groups is 1. The summed E-state index contributed by atoms with van der Waals surface area (Å²) in [5.41, 5.74) is 0.0791. The summed E-state index contributed by atoms with van der Waals surface area (Å²) < 4.78 is 0. The molecule has 2 aliphatic heterocycles. The Labute approximate surface area is 169 Å². The highest BCUT2D eigenvalue weighted by molar-refractivity contribution is 7.12. The standard InChI is InChI=1S/C19H18N4O3S2/c24-16(11-22-17(25)19(6-3-7-19)20-18(22)26)23-13(15-5-2-9-28-15)10-12(21-23)14-4-1-8-27-14/h1-2,4-5,8-9,13H,3,6-7,10-11H2,(H,20,26). The third-order valence-electron chi connectivity index (χ3n) is 5.59. The Morgan fingerprint density at radius 3 is 2.61 bits per heavy atom. The average molecular weight is 415 g/mol. The average Bonchev–Trinajstić information content (AvgIpc) is 3.41. The van der Waals surface area contributed by atoms with Crippen LogP contribution in [0, 0.1) is 0 Å². The fourth-order valence-corrected chi connectivity index (χ4v) is 5.46. The van der Waals surface area contributed by atoms with Crippen molar-refractivity contribution in [2.75, 3.05) is 6.54 Å².